The predicted molar refractivity (Wildman–Crippen MR) is 100 cm³/mol. The number of amides is 2. The first kappa shape index (κ1) is 19.2. The van der Waals surface area contributed by atoms with Crippen molar-refractivity contribution in [3.8, 4) is 11.1 Å². The van der Waals surface area contributed by atoms with Gasteiger partial charge in [-0.05, 0) is 54.1 Å². The molecule has 0 unspecified atom stereocenters. The number of hydrogen-bond acceptors (Lipinski definition) is 2. The van der Waals surface area contributed by atoms with E-state index in [9.17, 15) is 22.8 Å². The van der Waals surface area contributed by atoms with Gasteiger partial charge in [0, 0.05) is 23.7 Å². The van der Waals surface area contributed by atoms with Crippen molar-refractivity contribution in [3.63, 3.8) is 0 Å². The van der Waals surface area contributed by atoms with Crippen LogP contribution in [0.5, 0.6) is 0 Å². The van der Waals surface area contributed by atoms with Crippen LogP contribution in [0.1, 0.15) is 17.3 Å². The molecule has 28 heavy (non-hydrogen) atoms. The second kappa shape index (κ2) is 7.96. The largest absolute Gasteiger partial charge is 0.324 e. The van der Waals surface area contributed by atoms with E-state index in [1.807, 2.05) is 0 Å². The molecule has 7 heteroatoms. The molecular formula is C21H15F3N2O2. The number of carbonyl (C=O) groups excluding carboxylic acids is 2. The van der Waals surface area contributed by atoms with Gasteiger partial charge in [0.25, 0.3) is 5.91 Å². The molecule has 0 fully saturated rings. The van der Waals surface area contributed by atoms with E-state index in [0.29, 0.717) is 5.56 Å². The van der Waals surface area contributed by atoms with Crippen molar-refractivity contribution in [2.45, 2.75) is 6.92 Å². The fraction of sp³-hybridized carbons (Fsp3) is 0.0476. The van der Waals surface area contributed by atoms with Gasteiger partial charge in [0.05, 0.1) is 5.69 Å². The van der Waals surface area contributed by atoms with Gasteiger partial charge in [-0.2, -0.15) is 0 Å². The van der Waals surface area contributed by atoms with Gasteiger partial charge in [-0.25, -0.2) is 13.2 Å². The summed E-state index contributed by atoms with van der Waals surface area (Å²) in [5, 5.41) is 4.79. The minimum atomic E-state index is -0.683. The summed E-state index contributed by atoms with van der Waals surface area (Å²) in [5.74, 6) is -2.89. The van der Waals surface area contributed by atoms with E-state index in [-0.39, 0.29) is 22.5 Å². The normalized spacial score (nSPS) is 10.4. The summed E-state index contributed by atoms with van der Waals surface area (Å²) >= 11 is 0. The zero-order valence-electron chi connectivity index (χ0n) is 14.7. The monoisotopic (exact) mass is 384 g/mol. The minimum Gasteiger partial charge on any atom is -0.324 e. The topological polar surface area (TPSA) is 58.2 Å². The Labute approximate surface area is 159 Å². The van der Waals surface area contributed by atoms with Crippen LogP contribution >= 0.6 is 0 Å². The van der Waals surface area contributed by atoms with Crippen LogP contribution in [0, 0.1) is 17.5 Å². The van der Waals surface area contributed by atoms with E-state index in [2.05, 4.69) is 10.6 Å². The number of halogens is 3. The van der Waals surface area contributed by atoms with Crippen molar-refractivity contribution in [2.75, 3.05) is 10.6 Å². The van der Waals surface area contributed by atoms with Crippen LogP contribution in [-0.2, 0) is 4.79 Å². The maximum Gasteiger partial charge on any atom is 0.255 e. The summed E-state index contributed by atoms with van der Waals surface area (Å²) in [6.07, 6.45) is 0. The van der Waals surface area contributed by atoms with Crippen LogP contribution in [0.25, 0.3) is 11.1 Å². The third-order valence-electron chi connectivity index (χ3n) is 3.90. The molecule has 0 aliphatic rings. The van der Waals surface area contributed by atoms with Crippen LogP contribution in [0.2, 0.25) is 0 Å². The Balaban J connectivity index is 1.81. The van der Waals surface area contributed by atoms with Crippen molar-refractivity contribution in [1.29, 1.82) is 0 Å². The van der Waals surface area contributed by atoms with Gasteiger partial charge >= 0.3 is 0 Å². The lowest BCUT2D eigenvalue weighted by molar-refractivity contribution is -0.114. The summed E-state index contributed by atoms with van der Waals surface area (Å²) in [7, 11) is 0. The van der Waals surface area contributed by atoms with Crippen LogP contribution in [0.3, 0.4) is 0 Å². The van der Waals surface area contributed by atoms with E-state index >= 15 is 0 Å². The lowest BCUT2D eigenvalue weighted by atomic mass is 10.0. The fourth-order valence-electron chi connectivity index (χ4n) is 2.64. The first-order valence-electron chi connectivity index (χ1n) is 8.27. The molecule has 0 heterocycles. The molecule has 0 aromatic heterocycles. The predicted octanol–water partition coefficient (Wildman–Crippen LogP) is 4.98. The number of hydrogen-bond donors (Lipinski definition) is 2. The first-order valence-corrected chi connectivity index (χ1v) is 8.27. The van der Waals surface area contributed by atoms with E-state index < -0.39 is 29.3 Å². The van der Waals surface area contributed by atoms with Crippen molar-refractivity contribution >= 4 is 23.2 Å². The first-order chi connectivity index (χ1) is 13.3. The molecule has 0 bridgehead atoms. The Morgan fingerprint density at radius 1 is 0.821 bits per heavy atom. The Hall–Kier alpha value is -3.61. The highest BCUT2D eigenvalue weighted by Gasteiger charge is 2.13. The summed E-state index contributed by atoms with van der Waals surface area (Å²) in [6, 6.07) is 13.0. The average Bonchev–Trinajstić information content (AvgIpc) is 2.63. The number of carbonyl (C=O) groups is 2. The smallest absolute Gasteiger partial charge is 0.255 e. The van der Waals surface area contributed by atoms with Crippen molar-refractivity contribution < 1.29 is 22.8 Å². The molecule has 0 aliphatic heterocycles. The molecule has 3 aromatic rings. The summed E-state index contributed by atoms with van der Waals surface area (Å²) in [4.78, 5) is 23.5. The van der Waals surface area contributed by atoms with Crippen molar-refractivity contribution in [3.05, 3.63) is 83.7 Å². The van der Waals surface area contributed by atoms with Gasteiger partial charge in [-0.15, -0.1) is 0 Å². The van der Waals surface area contributed by atoms with Crippen molar-refractivity contribution in [2.24, 2.45) is 0 Å². The molecule has 3 aromatic carbocycles. The standard InChI is InChI=1S/C21H15F3N2O2/c1-12(27)25-20-10-14(5-8-18(20)23)21(28)26-16-6-7-17(19(24)11-16)13-3-2-4-15(22)9-13/h2-11H,1H3,(H,25,27)(H,26,28). The Morgan fingerprint density at radius 3 is 2.29 bits per heavy atom. The lowest BCUT2D eigenvalue weighted by Gasteiger charge is -2.10. The Bertz CT molecular complexity index is 1070. The zero-order chi connectivity index (χ0) is 20.3. The molecule has 0 atom stereocenters. The average molecular weight is 384 g/mol. The molecule has 0 saturated heterocycles. The Morgan fingerprint density at radius 2 is 1.61 bits per heavy atom. The van der Waals surface area contributed by atoms with Crippen LogP contribution < -0.4 is 10.6 Å². The maximum atomic E-state index is 14.4. The molecule has 3 rings (SSSR count). The summed E-state index contributed by atoms with van der Waals surface area (Å²) in [5.41, 5.74) is 0.682. The molecule has 0 radical (unpaired) electrons. The van der Waals surface area contributed by atoms with E-state index in [1.165, 1.54) is 49.4 Å². The van der Waals surface area contributed by atoms with Crippen LogP contribution in [-0.4, -0.2) is 11.8 Å². The molecule has 2 N–H and O–H groups in total. The quantitative estimate of drug-likeness (QED) is 0.666. The zero-order valence-corrected chi connectivity index (χ0v) is 14.7. The third-order valence-corrected chi connectivity index (χ3v) is 3.90. The van der Waals surface area contributed by atoms with Gasteiger partial charge in [0.15, 0.2) is 0 Å². The van der Waals surface area contributed by atoms with E-state index in [4.69, 9.17) is 0 Å². The van der Waals surface area contributed by atoms with Gasteiger partial charge in [0.2, 0.25) is 5.91 Å². The highest BCUT2D eigenvalue weighted by atomic mass is 19.1. The third kappa shape index (κ3) is 4.37. The van der Waals surface area contributed by atoms with Crippen LogP contribution in [0.4, 0.5) is 24.5 Å². The summed E-state index contributed by atoms with van der Waals surface area (Å²) < 4.78 is 41.4. The number of anilines is 2. The maximum absolute atomic E-state index is 14.4. The van der Waals surface area contributed by atoms with Gasteiger partial charge < -0.3 is 10.6 Å². The minimum absolute atomic E-state index is 0.0831. The van der Waals surface area contributed by atoms with Gasteiger partial charge in [-0.1, -0.05) is 12.1 Å². The molecule has 0 saturated carbocycles. The molecule has 142 valence electrons. The fourth-order valence-corrected chi connectivity index (χ4v) is 2.64. The number of rotatable bonds is 4. The number of nitrogens with one attached hydrogen (secondary N) is 2. The highest BCUT2D eigenvalue weighted by Crippen LogP contribution is 2.26. The second-order valence-corrected chi connectivity index (χ2v) is 6.03. The van der Waals surface area contributed by atoms with Gasteiger partial charge in [0.1, 0.15) is 17.5 Å². The molecule has 0 spiro atoms. The number of benzene rings is 3. The lowest BCUT2D eigenvalue weighted by Crippen LogP contribution is -2.14. The van der Waals surface area contributed by atoms with Gasteiger partial charge in [-0.3, -0.25) is 9.59 Å². The molecule has 2 amide bonds. The molecule has 4 nitrogen and oxygen atoms in total. The SMILES string of the molecule is CC(=O)Nc1cc(C(=O)Nc2ccc(-c3cccc(F)c3)c(F)c2)ccc1F. The van der Waals surface area contributed by atoms with E-state index in [0.717, 1.165) is 12.1 Å². The Kier molecular flexibility index (Phi) is 5.44. The second-order valence-electron chi connectivity index (χ2n) is 6.03. The van der Waals surface area contributed by atoms with Crippen molar-refractivity contribution in [1.82, 2.24) is 0 Å². The molecular weight excluding hydrogens is 369 g/mol. The highest BCUT2D eigenvalue weighted by molar-refractivity contribution is 6.05. The van der Waals surface area contributed by atoms with Crippen LogP contribution in [0.15, 0.2) is 60.7 Å². The van der Waals surface area contributed by atoms with E-state index in [1.54, 1.807) is 6.07 Å². The molecule has 0 aliphatic carbocycles. The summed E-state index contributed by atoms with van der Waals surface area (Å²) in [6.45, 7) is 1.22.